The number of carbonyl (C=O) groups excluding carboxylic acids is 1. The normalized spacial score (nSPS) is 12.1. The van der Waals surface area contributed by atoms with Crippen molar-refractivity contribution in [2.75, 3.05) is 5.73 Å². The van der Waals surface area contributed by atoms with Crippen LogP contribution in [0.3, 0.4) is 0 Å². The monoisotopic (exact) mass is 248 g/mol. The summed E-state index contributed by atoms with van der Waals surface area (Å²) in [6, 6.07) is 7.09. The van der Waals surface area contributed by atoms with Gasteiger partial charge in [0.25, 0.3) is 5.91 Å². The molecule has 0 spiro atoms. The van der Waals surface area contributed by atoms with E-state index in [9.17, 15) is 9.18 Å². The molecule has 2 aromatic rings. The number of carbonyl (C=O) groups is 1. The molecule has 1 aromatic carbocycles. The van der Waals surface area contributed by atoms with Crippen molar-refractivity contribution in [2.24, 2.45) is 0 Å². The standard InChI is InChI=1S/C13H13FN2O2/c1-8(12-3-2-6-18-12)16-13(17)10-5-4-9(15)7-11(10)14/h2-8H,15H2,1H3,(H,16,17)/t8-/m1/s1. The number of hydrogen-bond donors (Lipinski definition) is 2. The van der Waals surface area contributed by atoms with Crippen LogP contribution in [-0.4, -0.2) is 5.91 Å². The molecule has 5 heteroatoms. The highest BCUT2D eigenvalue weighted by Gasteiger charge is 2.16. The summed E-state index contributed by atoms with van der Waals surface area (Å²) < 4.78 is 18.7. The maximum atomic E-state index is 13.5. The zero-order chi connectivity index (χ0) is 13.1. The van der Waals surface area contributed by atoms with Crippen molar-refractivity contribution >= 4 is 11.6 Å². The maximum Gasteiger partial charge on any atom is 0.254 e. The van der Waals surface area contributed by atoms with Crippen LogP contribution in [0.2, 0.25) is 0 Å². The van der Waals surface area contributed by atoms with Crippen molar-refractivity contribution in [3.05, 3.63) is 53.7 Å². The van der Waals surface area contributed by atoms with Gasteiger partial charge in [-0.2, -0.15) is 0 Å². The molecule has 1 aromatic heterocycles. The minimum absolute atomic E-state index is 0.0393. The van der Waals surface area contributed by atoms with Crippen molar-refractivity contribution in [2.45, 2.75) is 13.0 Å². The van der Waals surface area contributed by atoms with Crippen molar-refractivity contribution in [3.63, 3.8) is 0 Å². The highest BCUT2D eigenvalue weighted by Crippen LogP contribution is 2.15. The first-order chi connectivity index (χ1) is 8.58. The van der Waals surface area contributed by atoms with Gasteiger partial charge in [-0.05, 0) is 37.3 Å². The summed E-state index contributed by atoms with van der Waals surface area (Å²) >= 11 is 0. The Bertz CT molecular complexity index is 552. The lowest BCUT2D eigenvalue weighted by Crippen LogP contribution is -2.27. The van der Waals surface area contributed by atoms with E-state index in [4.69, 9.17) is 10.2 Å². The predicted octanol–water partition coefficient (Wildman–Crippen LogP) is 2.49. The molecule has 0 unspecified atom stereocenters. The molecule has 94 valence electrons. The van der Waals surface area contributed by atoms with E-state index in [-0.39, 0.29) is 17.3 Å². The zero-order valence-electron chi connectivity index (χ0n) is 9.81. The Kier molecular flexibility index (Phi) is 3.32. The van der Waals surface area contributed by atoms with Crippen LogP contribution in [0.25, 0.3) is 0 Å². The molecule has 2 rings (SSSR count). The molecule has 0 bridgehead atoms. The first-order valence-corrected chi connectivity index (χ1v) is 5.47. The van der Waals surface area contributed by atoms with Crippen LogP contribution in [0.1, 0.15) is 29.1 Å². The number of anilines is 1. The second-order valence-corrected chi connectivity index (χ2v) is 3.95. The van der Waals surface area contributed by atoms with Crippen LogP contribution >= 0.6 is 0 Å². The highest BCUT2D eigenvalue weighted by atomic mass is 19.1. The molecule has 0 saturated heterocycles. The number of amides is 1. The number of halogens is 1. The number of nitrogen functional groups attached to an aromatic ring is 1. The Balaban J connectivity index is 2.12. The number of nitrogens with two attached hydrogens (primary N) is 1. The third kappa shape index (κ3) is 2.51. The van der Waals surface area contributed by atoms with Crippen LogP contribution in [0.4, 0.5) is 10.1 Å². The Morgan fingerprint density at radius 3 is 2.83 bits per heavy atom. The zero-order valence-corrected chi connectivity index (χ0v) is 9.81. The minimum atomic E-state index is -0.640. The van der Waals surface area contributed by atoms with Gasteiger partial charge in [-0.25, -0.2) is 4.39 Å². The van der Waals surface area contributed by atoms with Crippen molar-refractivity contribution in [1.82, 2.24) is 5.32 Å². The van der Waals surface area contributed by atoms with E-state index >= 15 is 0 Å². The van der Waals surface area contributed by atoms with Gasteiger partial charge in [-0.1, -0.05) is 0 Å². The van der Waals surface area contributed by atoms with Crippen LogP contribution in [0.5, 0.6) is 0 Å². The van der Waals surface area contributed by atoms with E-state index in [0.29, 0.717) is 5.76 Å². The minimum Gasteiger partial charge on any atom is -0.467 e. The average Bonchev–Trinajstić information content (AvgIpc) is 2.81. The fraction of sp³-hybridized carbons (Fsp3) is 0.154. The summed E-state index contributed by atoms with van der Waals surface area (Å²) in [4.78, 5) is 11.8. The quantitative estimate of drug-likeness (QED) is 0.820. The number of hydrogen-bond acceptors (Lipinski definition) is 3. The van der Waals surface area contributed by atoms with Crippen LogP contribution < -0.4 is 11.1 Å². The van der Waals surface area contributed by atoms with Gasteiger partial charge >= 0.3 is 0 Å². The van der Waals surface area contributed by atoms with Crippen molar-refractivity contribution in [3.8, 4) is 0 Å². The molecule has 0 aliphatic heterocycles. The van der Waals surface area contributed by atoms with Gasteiger partial charge in [0.2, 0.25) is 0 Å². The summed E-state index contributed by atoms with van der Waals surface area (Å²) in [5, 5.41) is 2.65. The van der Waals surface area contributed by atoms with Gasteiger partial charge < -0.3 is 15.5 Å². The molecule has 0 fully saturated rings. The summed E-state index contributed by atoms with van der Waals surface area (Å²) in [7, 11) is 0. The van der Waals surface area contributed by atoms with Gasteiger partial charge in [0.15, 0.2) is 0 Å². The molecule has 0 aliphatic rings. The molecular formula is C13H13FN2O2. The molecule has 1 amide bonds. The van der Waals surface area contributed by atoms with E-state index in [2.05, 4.69) is 5.32 Å². The van der Waals surface area contributed by atoms with Gasteiger partial charge in [0.05, 0.1) is 17.9 Å². The molecular weight excluding hydrogens is 235 g/mol. The first kappa shape index (κ1) is 12.2. The molecule has 1 heterocycles. The number of benzene rings is 1. The SMILES string of the molecule is C[C@@H](NC(=O)c1ccc(N)cc1F)c1ccco1. The van der Waals surface area contributed by atoms with E-state index < -0.39 is 11.7 Å². The third-order valence-electron chi connectivity index (χ3n) is 2.56. The smallest absolute Gasteiger partial charge is 0.254 e. The lowest BCUT2D eigenvalue weighted by atomic mass is 10.1. The average molecular weight is 248 g/mol. The van der Waals surface area contributed by atoms with Gasteiger partial charge in [0.1, 0.15) is 11.6 Å². The van der Waals surface area contributed by atoms with Crippen molar-refractivity contribution in [1.29, 1.82) is 0 Å². The summed E-state index contributed by atoms with van der Waals surface area (Å²) in [6.45, 7) is 1.76. The van der Waals surface area contributed by atoms with Gasteiger partial charge in [-0.15, -0.1) is 0 Å². The Morgan fingerprint density at radius 1 is 1.44 bits per heavy atom. The van der Waals surface area contributed by atoms with E-state index in [1.165, 1.54) is 18.4 Å². The summed E-state index contributed by atoms with van der Waals surface area (Å²) in [5.41, 5.74) is 5.66. The number of nitrogens with one attached hydrogen (secondary N) is 1. The van der Waals surface area contributed by atoms with Gasteiger partial charge in [-0.3, -0.25) is 4.79 Å². The molecule has 18 heavy (non-hydrogen) atoms. The van der Waals surface area contributed by atoms with E-state index in [1.807, 2.05) is 0 Å². The van der Waals surface area contributed by atoms with Crippen LogP contribution in [0.15, 0.2) is 41.0 Å². The number of furan rings is 1. The molecule has 0 aliphatic carbocycles. The largest absolute Gasteiger partial charge is 0.467 e. The number of rotatable bonds is 3. The predicted molar refractivity (Wildman–Crippen MR) is 65.4 cm³/mol. The first-order valence-electron chi connectivity index (χ1n) is 5.47. The Labute approximate surface area is 104 Å². The topological polar surface area (TPSA) is 68.3 Å². The maximum absolute atomic E-state index is 13.5. The second-order valence-electron chi connectivity index (χ2n) is 3.95. The highest BCUT2D eigenvalue weighted by molar-refractivity contribution is 5.95. The lowest BCUT2D eigenvalue weighted by Gasteiger charge is -2.12. The molecule has 0 saturated carbocycles. The lowest BCUT2D eigenvalue weighted by molar-refractivity contribution is 0.0931. The van der Waals surface area contributed by atoms with Gasteiger partial charge in [0, 0.05) is 5.69 Å². The molecule has 4 nitrogen and oxygen atoms in total. The summed E-state index contributed by atoms with van der Waals surface area (Å²) in [5.74, 6) is -0.533. The van der Waals surface area contributed by atoms with Crippen molar-refractivity contribution < 1.29 is 13.6 Å². The second kappa shape index (κ2) is 4.91. The molecule has 3 N–H and O–H groups in total. The van der Waals surface area contributed by atoms with Crippen LogP contribution in [-0.2, 0) is 0 Å². The van der Waals surface area contributed by atoms with Crippen LogP contribution in [0, 0.1) is 5.82 Å². The van der Waals surface area contributed by atoms with E-state index in [0.717, 1.165) is 6.07 Å². The fourth-order valence-corrected chi connectivity index (χ4v) is 1.60. The third-order valence-corrected chi connectivity index (χ3v) is 2.56. The molecule has 1 atom stereocenters. The fourth-order valence-electron chi connectivity index (χ4n) is 1.60. The summed E-state index contributed by atoms with van der Waals surface area (Å²) in [6.07, 6.45) is 1.52. The van der Waals surface area contributed by atoms with E-state index in [1.54, 1.807) is 19.1 Å². The Hall–Kier alpha value is -2.30. The Morgan fingerprint density at radius 2 is 2.22 bits per heavy atom. The molecule has 0 radical (unpaired) electrons.